The Balaban J connectivity index is 2.71. The summed E-state index contributed by atoms with van der Waals surface area (Å²) in [5.41, 5.74) is 0.291. The van der Waals surface area contributed by atoms with Crippen molar-refractivity contribution in [3.8, 4) is 0 Å². The lowest BCUT2D eigenvalue weighted by molar-refractivity contribution is 0.0510. The zero-order chi connectivity index (χ0) is 15.3. The van der Waals surface area contributed by atoms with Crippen molar-refractivity contribution in [2.45, 2.75) is 38.8 Å². The molecule has 3 nitrogen and oxygen atoms in total. The van der Waals surface area contributed by atoms with E-state index in [1.807, 2.05) is 20.8 Å². The molecule has 6 heteroatoms. The van der Waals surface area contributed by atoms with E-state index in [1.54, 1.807) is 18.2 Å². The molecule has 1 aromatic carbocycles. The maximum Gasteiger partial charge on any atom is 0.407 e. The molecule has 0 aliphatic rings. The molecule has 0 heterocycles. The average molecular weight is 383 g/mol. The van der Waals surface area contributed by atoms with E-state index in [0.29, 0.717) is 21.8 Å². The SMILES string of the molecule is CC(C)(C)OC(=O)NC(CBr)Cc1c(Cl)cccc1Cl. The normalized spacial score (nSPS) is 12.9. The molecule has 1 rings (SSSR count). The van der Waals surface area contributed by atoms with Crippen LogP contribution in [0.25, 0.3) is 0 Å². The largest absolute Gasteiger partial charge is 0.444 e. The summed E-state index contributed by atoms with van der Waals surface area (Å²) in [5, 5.41) is 4.56. The Bertz CT molecular complexity index is 454. The van der Waals surface area contributed by atoms with Gasteiger partial charge in [-0.25, -0.2) is 4.79 Å². The second-order valence-electron chi connectivity index (χ2n) is 5.40. The van der Waals surface area contributed by atoms with Gasteiger partial charge in [0.2, 0.25) is 0 Å². The monoisotopic (exact) mass is 381 g/mol. The van der Waals surface area contributed by atoms with Gasteiger partial charge in [0.05, 0.1) is 0 Å². The summed E-state index contributed by atoms with van der Waals surface area (Å²) in [6, 6.07) is 5.20. The highest BCUT2D eigenvalue weighted by molar-refractivity contribution is 9.09. The predicted octanol–water partition coefficient (Wildman–Crippen LogP) is 4.82. The molecule has 0 saturated heterocycles. The summed E-state index contributed by atoms with van der Waals surface area (Å²) in [5.74, 6) is 0. The highest BCUT2D eigenvalue weighted by Crippen LogP contribution is 2.25. The summed E-state index contributed by atoms with van der Waals surface area (Å²) in [6.45, 7) is 5.46. The number of amides is 1. The van der Waals surface area contributed by atoms with Gasteiger partial charge in [-0.3, -0.25) is 0 Å². The number of nitrogens with one attached hydrogen (secondary N) is 1. The molecule has 0 fully saturated rings. The summed E-state index contributed by atoms with van der Waals surface area (Å²) in [7, 11) is 0. The van der Waals surface area contributed by atoms with Crippen molar-refractivity contribution < 1.29 is 9.53 Å². The average Bonchev–Trinajstić information content (AvgIpc) is 2.30. The molecular weight excluding hydrogens is 365 g/mol. The molecule has 20 heavy (non-hydrogen) atoms. The minimum Gasteiger partial charge on any atom is -0.444 e. The molecule has 1 amide bonds. The fraction of sp³-hybridized carbons (Fsp3) is 0.500. The Morgan fingerprint density at radius 1 is 1.35 bits per heavy atom. The molecule has 0 aliphatic carbocycles. The lowest BCUT2D eigenvalue weighted by Gasteiger charge is -2.23. The number of carbonyl (C=O) groups is 1. The third kappa shape index (κ3) is 5.90. The molecule has 1 atom stereocenters. The van der Waals surface area contributed by atoms with Gasteiger partial charge in [0, 0.05) is 21.4 Å². The van der Waals surface area contributed by atoms with Gasteiger partial charge < -0.3 is 10.1 Å². The number of halogens is 3. The number of alkyl halides is 1. The summed E-state index contributed by atoms with van der Waals surface area (Å²) in [4.78, 5) is 11.8. The number of rotatable bonds is 4. The lowest BCUT2D eigenvalue weighted by Crippen LogP contribution is -2.41. The van der Waals surface area contributed by atoms with E-state index in [9.17, 15) is 4.79 Å². The Morgan fingerprint density at radius 2 is 1.90 bits per heavy atom. The Hall–Kier alpha value is -0.450. The van der Waals surface area contributed by atoms with Crippen molar-refractivity contribution in [3.63, 3.8) is 0 Å². The van der Waals surface area contributed by atoms with Gasteiger partial charge in [0.15, 0.2) is 0 Å². The maximum absolute atomic E-state index is 11.8. The second kappa shape index (κ2) is 7.53. The van der Waals surface area contributed by atoms with Crippen LogP contribution in [0.3, 0.4) is 0 Å². The molecule has 112 valence electrons. The zero-order valence-electron chi connectivity index (χ0n) is 11.7. The van der Waals surface area contributed by atoms with Gasteiger partial charge in [0.1, 0.15) is 5.60 Å². The fourth-order valence-corrected chi connectivity index (χ4v) is 2.53. The fourth-order valence-electron chi connectivity index (χ4n) is 1.59. The van der Waals surface area contributed by atoms with Crippen LogP contribution in [0.15, 0.2) is 18.2 Å². The molecule has 0 aromatic heterocycles. The minimum atomic E-state index is -0.525. The van der Waals surface area contributed by atoms with Crippen LogP contribution in [0.5, 0.6) is 0 Å². The molecule has 0 spiro atoms. The third-order valence-corrected chi connectivity index (χ3v) is 3.91. The van der Waals surface area contributed by atoms with Crippen molar-refractivity contribution in [3.05, 3.63) is 33.8 Å². The first-order chi connectivity index (χ1) is 9.23. The van der Waals surface area contributed by atoms with E-state index in [-0.39, 0.29) is 6.04 Å². The number of hydrogen-bond donors (Lipinski definition) is 1. The van der Waals surface area contributed by atoms with Gasteiger partial charge in [-0.05, 0) is 44.9 Å². The molecule has 1 N–H and O–H groups in total. The lowest BCUT2D eigenvalue weighted by atomic mass is 10.1. The number of ether oxygens (including phenoxy) is 1. The van der Waals surface area contributed by atoms with Crippen LogP contribution < -0.4 is 5.32 Å². The Kier molecular flexibility index (Phi) is 6.62. The number of hydrogen-bond acceptors (Lipinski definition) is 2. The van der Waals surface area contributed by atoms with E-state index in [4.69, 9.17) is 27.9 Å². The van der Waals surface area contributed by atoms with Crippen LogP contribution >= 0.6 is 39.1 Å². The second-order valence-corrected chi connectivity index (χ2v) is 6.86. The van der Waals surface area contributed by atoms with Crippen molar-refractivity contribution >= 4 is 45.2 Å². The van der Waals surface area contributed by atoms with Gasteiger partial charge in [-0.15, -0.1) is 0 Å². The topological polar surface area (TPSA) is 38.3 Å². The molecule has 0 saturated carbocycles. The van der Waals surface area contributed by atoms with Gasteiger partial charge >= 0.3 is 6.09 Å². The van der Waals surface area contributed by atoms with Crippen molar-refractivity contribution in [1.29, 1.82) is 0 Å². The van der Waals surface area contributed by atoms with Crippen molar-refractivity contribution in [2.24, 2.45) is 0 Å². The first-order valence-electron chi connectivity index (χ1n) is 6.21. The van der Waals surface area contributed by atoms with Crippen LogP contribution in [0.2, 0.25) is 10.0 Å². The van der Waals surface area contributed by atoms with Crippen LogP contribution in [0, 0.1) is 0 Å². The number of benzene rings is 1. The molecule has 0 bridgehead atoms. The standard InChI is InChI=1S/C14H18BrCl2NO2/c1-14(2,3)20-13(19)18-9(8-15)7-10-11(16)5-4-6-12(10)17/h4-6,9H,7-8H2,1-3H3,(H,18,19). The van der Waals surface area contributed by atoms with Crippen LogP contribution in [-0.4, -0.2) is 23.1 Å². The van der Waals surface area contributed by atoms with Crippen molar-refractivity contribution in [1.82, 2.24) is 5.32 Å². The first-order valence-corrected chi connectivity index (χ1v) is 8.09. The molecule has 1 unspecified atom stereocenters. The maximum atomic E-state index is 11.8. The summed E-state index contributed by atoms with van der Waals surface area (Å²) < 4.78 is 5.23. The Morgan fingerprint density at radius 3 is 2.35 bits per heavy atom. The predicted molar refractivity (Wildman–Crippen MR) is 87.1 cm³/mol. The highest BCUT2D eigenvalue weighted by atomic mass is 79.9. The number of alkyl carbamates (subject to hydrolysis) is 1. The summed E-state index contributed by atoms with van der Waals surface area (Å²) >= 11 is 15.6. The van der Waals surface area contributed by atoms with E-state index in [2.05, 4.69) is 21.2 Å². The first kappa shape index (κ1) is 17.6. The van der Waals surface area contributed by atoms with E-state index in [0.717, 1.165) is 5.56 Å². The molecule has 1 aromatic rings. The van der Waals surface area contributed by atoms with Crippen LogP contribution in [-0.2, 0) is 11.2 Å². The van der Waals surface area contributed by atoms with Crippen LogP contribution in [0.4, 0.5) is 4.79 Å². The van der Waals surface area contributed by atoms with Gasteiger partial charge in [-0.2, -0.15) is 0 Å². The molecular formula is C14H18BrCl2NO2. The van der Waals surface area contributed by atoms with E-state index >= 15 is 0 Å². The minimum absolute atomic E-state index is 0.151. The number of carbonyl (C=O) groups excluding carboxylic acids is 1. The van der Waals surface area contributed by atoms with Crippen molar-refractivity contribution in [2.75, 3.05) is 5.33 Å². The molecule has 0 radical (unpaired) electrons. The van der Waals surface area contributed by atoms with E-state index < -0.39 is 11.7 Å². The Labute approximate surface area is 138 Å². The quantitative estimate of drug-likeness (QED) is 0.757. The highest BCUT2D eigenvalue weighted by Gasteiger charge is 2.20. The molecule has 0 aliphatic heterocycles. The smallest absolute Gasteiger partial charge is 0.407 e. The zero-order valence-corrected chi connectivity index (χ0v) is 14.8. The summed E-state index contributed by atoms with van der Waals surface area (Å²) in [6.07, 6.45) is 0.0772. The van der Waals surface area contributed by atoms with Crippen LogP contribution in [0.1, 0.15) is 26.3 Å². The third-order valence-electron chi connectivity index (χ3n) is 2.42. The van der Waals surface area contributed by atoms with E-state index in [1.165, 1.54) is 0 Å². The van der Waals surface area contributed by atoms with Gasteiger partial charge in [0.25, 0.3) is 0 Å². The van der Waals surface area contributed by atoms with Gasteiger partial charge in [-0.1, -0.05) is 45.2 Å².